The number of fused-ring (bicyclic) bond motifs is 3. The molecule has 0 spiro atoms. The van der Waals surface area contributed by atoms with E-state index in [0.717, 1.165) is 44.5 Å². The first-order chi connectivity index (χ1) is 21.3. The fraction of sp³-hybridized carbons (Fsp3) is 0.150. The molecule has 0 amide bonds. The van der Waals surface area contributed by atoms with E-state index in [9.17, 15) is 0 Å². The van der Waals surface area contributed by atoms with Crippen molar-refractivity contribution in [3.05, 3.63) is 139 Å². The van der Waals surface area contributed by atoms with Gasteiger partial charge in [0, 0.05) is 31.7 Å². The van der Waals surface area contributed by atoms with Gasteiger partial charge in [0.25, 0.3) is 0 Å². The maximum atomic E-state index is 6.26. The molecule has 3 nitrogen and oxygen atoms in total. The van der Waals surface area contributed by atoms with Crippen molar-refractivity contribution in [2.45, 2.75) is 37.0 Å². The Labute approximate surface area is 282 Å². The minimum Gasteiger partial charge on any atom is 0 e. The third-order valence-electron chi connectivity index (χ3n) is 7.86. The van der Waals surface area contributed by atoms with E-state index >= 15 is 0 Å². The van der Waals surface area contributed by atoms with Crippen LogP contribution in [0.25, 0.3) is 55.6 Å². The fourth-order valence-corrected chi connectivity index (χ4v) is 7.41. The van der Waals surface area contributed by atoms with Gasteiger partial charge < -0.3 is 9.40 Å². The summed E-state index contributed by atoms with van der Waals surface area (Å²) in [6.07, 6.45) is 3.91. The number of hydrogen-bond acceptors (Lipinski definition) is 3. The van der Waals surface area contributed by atoms with E-state index in [1.165, 1.54) is 21.1 Å². The molecule has 7 rings (SSSR count). The summed E-state index contributed by atoms with van der Waals surface area (Å²) in [5, 5.41) is 2.21. The Morgan fingerprint density at radius 2 is 1.49 bits per heavy atom. The van der Waals surface area contributed by atoms with Crippen molar-refractivity contribution in [2.24, 2.45) is 0 Å². The van der Waals surface area contributed by atoms with E-state index in [4.69, 9.17) is 4.42 Å². The molecule has 3 aromatic heterocycles. The van der Waals surface area contributed by atoms with Gasteiger partial charge >= 0.3 is 99.8 Å². The normalized spacial score (nSPS) is 11.2. The molecule has 0 aliphatic carbocycles. The second-order valence-corrected chi connectivity index (χ2v) is 23.0. The van der Waals surface area contributed by atoms with E-state index in [1.807, 2.05) is 48.8 Å². The van der Waals surface area contributed by atoms with E-state index in [0.29, 0.717) is 5.92 Å². The molecule has 3 heterocycles. The Morgan fingerprint density at radius 3 is 2.18 bits per heavy atom. The molecule has 227 valence electrons. The summed E-state index contributed by atoms with van der Waals surface area (Å²) in [4.78, 5) is 9.12. The van der Waals surface area contributed by atoms with E-state index in [2.05, 4.69) is 126 Å². The number of hydrogen-bond donors (Lipinski definition) is 0. The van der Waals surface area contributed by atoms with Crippen molar-refractivity contribution in [3.63, 3.8) is 0 Å². The van der Waals surface area contributed by atoms with Crippen LogP contribution in [0.2, 0.25) is 17.3 Å². The van der Waals surface area contributed by atoms with Crippen molar-refractivity contribution < 1.29 is 24.5 Å². The summed E-state index contributed by atoms with van der Waals surface area (Å²) in [5.41, 5.74) is 9.27. The number of aromatic nitrogens is 2. The molecule has 7 aromatic rings. The predicted molar refractivity (Wildman–Crippen MR) is 187 cm³/mol. The van der Waals surface area contributed by atoms with Crippen molar-refractivity contribution in [1.29, 1.82) is 0 Å². The minimum absolute atomic E-state index is 0. The summed E-state index contributed by atoms with van der Waals surface area (Å²) < 4.78 is 7.70. The van der Waals surface area contributed by atoms with Gasteiger partial charge in [0.15, 0.2) is 0 Å². The molecule has 0 atom stereocenters. The van der Waals surface area contributed by atoms with E-state index < -0.39 is 13.3 Å². The van der Waals surface area contributed by atoms with Crippen LogP contribution in [0.15, 0.2) is 126 Å². The van der Waals surface area contributed by atoms with Crippen LogP contribution in [-0.4, -0.2) is 23.2 Å². The first-order valence-corrected chi connectivity index (χ1v) is 22.4. The average molecular weight is 826 g/mol. The van der Waals surface area contributed by atoms with Gasteiger partial charge in [-0.3, -0.25) is 0 Å². The molecule has 0 saturated heterocycles. The third kappa shape index (κ3) is 7.36. The zero-order valence-electron chi connectivity index (χ0n) is 26.3. The first-order valence-electron chi connectivity index (χ1n) is 15.1. The van der Waals surface area contributed by atoms with Crippen LogP contribution in [0, 0.1) is 12.1 Å². The molecular formula is C40H36GeIrN2O-2. The summed E-state index contributed by atoms with van der Waals surface area (Å²) in [6, 6.07) is 43.9. The molecule has 5 heteroatoms. The Bertz CT molecular complexity index is 2010. The van der Waals surface area contributed by atoms with Gasteiger partial charge in [0.2, 0.25) is 0 Å². The van der Waals surface area contributed by atoms with Crippen LogP contribution in [0.1, 0.15) is 25.3 Å². The molecule has 4 aromatic carbocycles. The standard InChI is InChI=1S/C26H20NO.C14H16GeN.Ir/c1-17(2)19-13-14-27-24(16-19)22-10-6-9-21-23-15-20(18-7-4-3-5-8-18)11-12-25(23)28-26(21)22;1-15(2,3)13-9-10-14(16-11-13)12-7-5-4-6-8-12;/h3-9,11-17H,1-2H3;4-7,9-11H,1-3H3;/q2*-1;. The third-order valence-corrected chi connectivity index (χ3v) is 12.1. The average Bonchev–Trinajstić information content (AvgIpc) is 3.44. The maximum absolute atomic E-state index is 6.26. The SMILES string of the molecule is CC(C)c1ccnc(-c2[c-]ccc3c2oc2ccc(-c4ccccc4)cc23)c1.[CH3][Ge]([CH3])([CH3])[c]1ccc(-c2[c-]cccc2)nc1.[Ir]. The summed E-state index contributed by atoms with van der Waals surface area (Å²) in [6.45, 7) is 4.38. The smallest absolute Gasteiger partial charge is 0 e. The van der Waals surface area contributed by atoms with Gasteiger partial charge in [0.1, 0.15) is 5.58 Å². The molecule has 0 saturated carbocycles. The zero-order valence-corrected chi connectivity index (χ0v) is 30.8. The summed E-state index contributed by atoms with van der Waals surface area (Å²) >= 11 is -1.72. The van der Waals surface area contributed by atoms with Gasteiger partial charge in [-0.05, 0) is 40.9 Å². The van der Waals surface area contributed by atoms with E-state index in [1.54, 1.807) is 0 Å². The molecule has 0 aliphatic heterocycles. The zero-order chi connectivity index (χ0) is 30.7. The van der Waals surface area contributed by atoms with Gasteiger partial charge in [-0.25, -0.2) is 0 Å². The Balaban J connectivity index is 0.000000202. The Kier molecular flexibility index (Phi) is 10.2. The fourth-order valence-electron chi connectivity index (χ4n) is 5.23. The van der Waals surface area contributed by atoms with Crippen molar-refractivity contribution >= 4 is 39.6 Å². The van der Waals surface area contributed by atoms with Gasteiger partial charge in [-0.15, -0.1) is 18.2 Å². The summed E-state index contributed by atoms with van der Waals surface area (Å²) in [5.74, 6) is 7.59. The monoisotopic (exact) mass is 827 g/mol. The first kappa shape index (κ1) is 32.6. The number of pyridine rings is 2. The molecule has 0 fully saturated rings. The van der Waals surface area contributed by atoms with Gasteiger partial charge in [-0.1, -0.05) is 72.8 Å². The Morgan fingerprint density at radius 1 is 0.689 bits per heavy atom. The largest absolute Gasteiger partial charge is 0 e. The number of furan rings is 1. The quantitative estimate of drug-likeness (QED) is 0.128. The number of rotatable bonds is 5. The molecular weight excluding hydrogens is 789 g/mol. The maximum Gasteiger partial charge on any atom is 0 e. The topological polar surface area (TPSA) is 38.9 Å². The Hall–Kier alpha value is -3.83. The molecule has 45 heavy (non-hydrogen) atoms. The van der Waals surface area contributed by atoms with Gasteiger partial charge in [0.05, 0.1) is 5.58 Å². The molecule has 0 unspecified atom stereocenters. The van der Waals surface area contributed by atoms with Crippen LogP contribution >= 0.6 is 0 Å². The van der Waals surface area contributed by atoms with Crippen LogP contribution in [0.3, 0.4) is 0 Å². The van der Waals surface area contributed by atoms with Crippen LogP contribution in [0.5, 0.6) is 0 Å². The second-order valence-electron chi connectivity index (χ2n) is 12.4. The second kappa shape index (κ2) is 14.1. The molecule has 1 radical (unpaired) electrons. The molecule has 0 N–H and O–H groups in total. The molecule has 0 bridgehead atoms. The predicted octanol–water partition coefficient (Wildman–Crippen LogP) is 10.3. The van der Waals surface area contributed by atoms with E-state index in [-0.39, 0.29) is 20.1 Å². The number of nitrogens with zero attached hydrogens (tertiary/aromatic N) is 2. The van der Waals surface area contributed by atoms with Crippen LogP contribution < -0.4 is 4.40 Å². The van der Waals surface area contributed by atoms with Crippen molar-refractivity contribution in [1.82, 2.24) is 9.97 Å². The van der Waals surface area contributed by atoms with Crippen molar-refractivity contribution in [2.75, 3.05) is 0 Å². The summed E-state index contributed by atoms with van der Waals surface area (Å²) in [7, 11) is 0. The van der Waals surface area contributed by atoms with Crippen molar-refractivity contribution in [3.8, 4) is 33.6 Å². The van der Waals surface area contributed by atoms with Gasteiger partial charge in [-0.2, -0.15) is 0 Å². The van der Waals surface area contributed by atoms with Crippen LogP contribution in [0.4, 0.5) is 0 Å². The minimum atomic E-state index is -1.72. The number of benzene rings is 4. The van der Waals surface area contributed by atoms with Crippen LogP contribution in [-0.2, 0) is 20.1 Å². The molecule has 0 aliphatic rings.